The Morgan fingerprint density at radius 1 is 1.00 bits per heavy atom. The number of rotatable bonds is 8. The van der Waals surface area contributed by atoms with Crippen LogP contribution in [0.1, 0.15) is 24.0 Å². The Labute approximate surface area is 183 Å². The summed E-state index contributed by atoms with van der Waals surface area (Å²) in [7, 11) is 3.23. The van der Waals surface area contributed by atoms with E-state index >= 15 is 0 Å². The minimum atomic E-state index is 0. The fourth-order valence-electron chi connectivity index (χ4n) is 3.16. The van der Waals surface area contributed by atoms with Gasteiger partial charge in [0.25, 0.3) is 0 Å². The number of fused-ring (bicyclic) bond motifs is 1. The largest absolute Gasteiger partial charge is 0.496 e. The summed E-state index contributed by atoms with van der Waals surface area (Å²) in [4.78, 5) is 4.37. The van der Waals surface area contributed by atoms with Crippen LogP contribution in [-0.2, 0) is 12.8 Å². The van der Waals surface area contributed by atoms with Crippen molar-refractivity contribution in [2.24, 2.45) is 10.7 Å². The molecular weight excluding hydrogens is 469 g/mol. The molecule has 28 heavy (non-hydrogen) atoms. The van der Waals surface area contributed by atoms with Gasteiger partial charge in [0.1, 0.15) is 17.2 Å². The molecule has 0 radical (unpaired) electrons. The van der Waals surface area contributed by atoms with Crippen LogP contribution in [0.25, 0.3) is 0 Å². The Morgan fingerprint density at radius 3 is 2.39 bits per heavy atom. The lowest BCUT2D eigenvalue weighted by Crippen LogP contribution is -2.23. The highest BCUT2D eigenvalue weighted by Gasteiger charge is 2.10. The van der Waals surface area contributed by atoms with Crippen molar-refractivity contribution in [3.8, 4) is 17.2 Å². The number of nitrogens with one attached hydrogen (secondary N) is 1. The van der Waals surface area contributed by atoms with Crippen molar-refractivity contribution >= 4 is 35.6 Å². The molecule has 1 aliphatic rings. The number of nitrogens with zero attached hydrogens (tertiary/aromatic N) is 1. The molecule has 6 nitrogen and oxygen atoms in total. The van der Waals surface area contributed by atoms with Gasteiger partial charge in [-0.15, -0.1) is 24.0 Å². The Kier molecular flexibility index (Phi) is 8.69. The lowest BCUT2D eigenvalue weighted by atomic mass is 10.1. The van der Waals surface area contributed by atoms with E-state index in [0.29, 0.717) is 36.4 Å². The normalized spacial score (nSPS) is 12.7. The minimum Gasteiger partial charge on any atom is -0.496 e. The molecule has 0 aromatic heterocycles. The molecule has 7 heteroatoms. The predicted octanol–water partition coefficient (Wildman–Crippen LogP) is 4.01. The molecule has 3 rings (SSSR count). The van der Waals surface area contributed by atoms with Gasteiger partial charge in [-0.05, 0) is 42.5 Å². The number of nitrogens with two attached hydrogens (primary N) is 1. The van der Waals surface area contributed by atoms with Crippen molar-refractivity contribution in [2.75, 3.05) is 32.7 Å². The summed E-state index contributed by atoms with van der Waals surface area (Å²) < 4.78 is 16.2. The molecule has 1 aliphatic carbocycles. The van der Waals surface area contributed by atoms with Gasteiger partial charge in [-0.25, -0.2) is 0 Å². The molecule has 0 spiro atoms. The Morgan fingerprint density at radius 2 is 1.68 bits per heavy atom. The van der Waals surface area contributed by atoms with Crippen molar-refractivity contribution in [1.29, 1.82) is 0 Å². The zero-order valence-corrected chi connectivity index (χ0v) is 18.7. The Balaban J connectivity index is 0.00000280. The summed E-state index contributed by atoms with van der Waals surface area (Å²) in [6.45, 7) is 1.12. The van der Waals surface area contributed by atoms with Gasteiger partial charge in [0.05, 0.1) is 20.8 Å². The average Bonchev–Trinajstić information content (AvgIpc) is 3.15. The Bertz CT molecular complexity index is 789. The van der Waals surface area contributed by atoms with Crippen LogP contribution in [0.3, 0.4) is 0 Å². The van der Waals surface area contributed by atoms with Crippen LogP contribution in [0.5, 0.6) is 17.2 Å². The zero-order chi connectivity index (χ0) is 19.1. The number of hydrogen-bond donors (Lipinski definition) is 2. The molecule has 0 atom stereocenters. The number of methoxy groups -OCH3 is 2. The summed E-state index contributed by atoms with van der Waals surface area (Å²) in [5.74, 6) is 2.53. The van der Waals surface area contributed by atoms with Crippen molar-refractivity contribution in [3.05, 3.63) is 47.5 Å². The molecule has 2 aromatic carbocycles. The molecule has 0 saturated carbocycles. The number of benzene rings is 2. The van der Waals surface area contributed by atoms with Crippen molar-refractivity contribution in [1.82, 2.24) is 0 Å². The van der Waals surface area contributed by atoms with E-state index in [4.69, 9.17) is 19.9 Å². The average molecular weight is 497 g/mol. The molecule has 0 amide bonds. The number of hydrogen-bond acceptors (Lipinski definition) is 4. The standard InChI is InChI=1S/C21H27N3O3.HI/c1-25-18-12-19(26-2)14-20(13-18)27-10-4-9-23-21(22)24-17-8-7-15-5-3-6-16(15)11-17;/h7-8,11-14H,3-6,9-10H2,1-2H3,(H3,22,23,24);1H. The van der Waals surface area contributed by atoms with Gasteiger partial charge in [0.2, 0.25) is 0 Å². The third-order valence-electron chi connectivity index (χ3n) is 4.55. The van der Waals surface area contributed by atoms with E-state index in [1.807, 2.05) is 18.2 Å². The highest BCUT2D eigenvalue weighted by molar-refractivity contribution is 14.0. The molecule has 0 heterocycles. The first-order chi connectivity index (χ1) is 13.2. The molecular formula is C21H28IN3O3. The van der Waals surface area contributed by atoms with Gasteiger partial charge in [-0.3, -0.25) is 4.99 Å². The quantitative estimate of drug-likeness (QED) is 0.250. The van der Waals surface area contributed by atoms with Crippen LogP contribution >= 0.6 is 24.0 Å². The number of guanidine groups is 1. The molecule has 0 unspecified atom stereocenters. The summed E-state index contributed by atoms with van der Waals surface area (Å²) in [6, 6.07) is 11.9. The molecule has 3 N–H and O–H groups in total. The molecule has 0 aliphatic heterocycles. The van der Waals surface area contributed by atoms with E-state index in [1.165, 1.54) is 24.0 Å². The van der Waals surface area contributed by atoms with Gasteiger partial charge in [-0.2, -0.15) is 0 Å². The van der Waals surface area contributed by atoms with E-state index in [-0.39, 0.29) is 24.0 Å². The fraction of sp³-hybridized carbons (Fsp3) is 0.381. The highest BCUT2D eigenvalue weighted by atomic mass is 127. The summed E-state index contributed by atoms with van der Waals surface area (Å²) in [5, 5.41) is 3.16. The lowest BCUT2D eigenvalue weighted by Gasteiger charge is -2.10. The Hall–Kier alpha value is -2.16. The first kappa shape index (κ1) is 22.1. The van der Waals surface area contributed by atoms with E-state index in [0.717, 1.165) is 18.5 Å². The second kappa shape index (κ2) is 11.0. The smallest absolute Gasteiger partial charge is 0.193 e. The van der Waals surface area contributed by atoms with Crippen LogP contribution in [-0.4, -0.2) is 33.3 Å². The second-order valence-electron chi connectivity index (χ2n) is 6.48. The minimum absolute atomic E-state index is 0. The number of aliphatic imine (C=N–C) groups is 1. The van der Waals surface area contributed by atoms with Gasteiger partial charge in [0, 0.05) is 36.9 Å². The predicted molar refractivity (Wildman–Crippen MR) is 124 cm³/mol. The SMILES string of the molecule is COc1cc(OC)cc(OCCCN=C(N)Nc2ccc3c(c2)CCC3)c1.I. The van der Waals surface area contributed by atoms with Gasteiger partial charge < -0.3 is 25.3 Å². The van der Waals surface area contributed by atoms with Crippen LogP contribution < -0.4 is 25.3 Å². The van der Waals surface area contributed by atoms with Crippen molar-refractivity contribution in [2.45, 2.75) is 25.7 Å². The number of anilines is 1. The molecule has 0 fully saturated rings. The first-order valence-electron chi connectivity index (χ1n) is 9.22. The number of halogens is 1. The van der Waals surface area contributed by atoms with Crippen molar-refractivity contribution in [3.63, 3.8) is 0 Å². The summed E-state index contributed by atoms with van der Waals surface area (Å²) in [6.07, 6.45) is 4.32. The third kappa shape index (κ3) is 6.19. The highest BCUT2D eigenvalue weighted by Crippen LogP contribution is 2.27. The number of ether oxygens (including phenoxy) is 3. The lowest BCUT2D eigenvalue weighted by molar-refractivity contribution is 0.307. The van der Waals surface area contributed by atoms with Crippen LogP contribution in [0.15, 0.2) is 41.4 Å². The maximum Gasteiger partial charge on any atom is 0.193 e. The maximum absolute atomic E-state index is 5.99. The van der Waals surface area contributed by atoms with Crippen LogP contribution in [0.2, 0.25) is 0 Å². The summed E-state index contributed by atoms with van der Waals surface area (Å²) >= 11 is 0. The fourth-order valence-corrected chi connectivity index (χ4v) is 3.16. The molecule has 2 aromatic rings. The van der Waals surface area contributed by atoms with E-state index < -0.39 is 0 Å². The van der Waals surface area contributed by atoms with E-state index in [9.17, 15) is 0 Å². The monoisotopic (exact) mass is 497 g/mol. The molecule has 0 saturated heterocycles. The van der Waals surface area contributed by atoms with Crippen LogP contribution in [0, 0.1) is 0 Å². The molecule has 0 bridgehead atoms. The van der Waals surface area contributed by atoms with Gasteiger partial charge in [-0.1, -0.05) is 6.07 Å². The second-order valence-corrected chi connectivity index (χ2v) is 6.48. The summed E-state index contributed by atoms with van der Waals surface area (Å²) in [5.41, 5.74) is 9.84. The third-order valence-corrected chi connectivity index (χ3v) is 4.55. The molecule has 152 valence electrons. The zero-order valence-electron chi connectivity index (χ0n) is 16.4. The van der Waals surface area contributed by atoms with E-state index in [1.54, 1.807) is 14.2 Å². The van der Waals surface area contributed by atoms with Crippen LogP contribution in [0.4, 0.5) is 5.69 Å². The van der Waals surface area contributed by atoms with E-state index in [2.05, 4.69) is 28.5 Å². The van der Waals surface area contributed by atoms with Crippen molar-refractivity contribution < 1.29 is 14.2 Å². The van der Waals surface area contributed by atoms with Gasteiger partial charge >= 0.3 is 0 Å². The number of aryl methyl sites for hydroxylation is 2. The van der Waals surface area contributed by atoms with Gasteiger partial charge in [0.15, 0.2) is 5.96 Å². The maximum atomic E-state index is 5.99. The first-order valence-corrected chi connectivity index (χ1v) is 9.22. The topological polar surface area (TPSA) is 78.1 Å².